The van der Waals surface area contributed by atoms with Crippen molar-refractivity contribution in [3.63, 3.8) is 0 Å². The van der Waals surface area contributed by atoms with Gasteiger partial charge in [0.2, 0.25) is 0 Å². The Morgan fingerprint density at radius 2 is 1.91 bits per heavy atom. The molecule has 0 spiro atoms. The van der Waals surface area contributed by atoms with Crippen LogP contribution in [-0.4, -0.2) is 35.8 Å². The zero-order valence-electron chi connectivity index (χ0n) is 16.9. The molecule has 1 heterocycles. The number of alkyl halides is 1. The standard InChI is InChI=1S/C23H21Cl2FO6/c24-17-9-12(2-4-19(17)31-6-5-30-15-7-14(8-15)23(28)29)20-10-18(27)16-3-1-13(11-26)21(25)22(16)32-20/h1-4,9-10,14-15,23,28-29H,5-8,11H2. The zero-order chi connectivity index (χ0) is 22.8. The fraction of sp³-hybridized carbons (Fsp3) is 0.348. The SMILES string of the molecule is O=c1cc(-c2ccc(OCCOC3CC(C(O)O)C3)c(Cl)c2)oc2c(Cl)c(CF)ccc12. The van der Waals surface area contributed by atoms with Crippen LogP contribution in [0, 0.1) is 5.92 Å². The lowest BCUT2D eigenvalue weighted by Gasteiger charge is -2.35. The maximum absolute atomic E-state index is 13.1. The second-order valence-electron chi connectivity index (χ2n) is 7.66. The smallest absolute Gasteiger partial charge is 0.193 e. The first-order valence-electron chi connectivity index (χ1n) is 10.1. The van der Waals surface area contributed by atoms with Crippen molar-refractivity contribution in [2.75, 3.05) is 13.2 Å². The third-order valence-electron chi connectivity index (χ3n) is 5.52. The van der Waals surface area contributed by atoms with Gasteiger partial charge >= 0.3 is 0 Å². The average molecular weight is 483 g/mol. The summed E-state index contributed by atoms with van der Waals surface area (Å²) < 4.78 is 30.2. The summed E-state index contributed by atoms with van der Waals surface area (Å²) in [7, 11) is 0. The van der Waals surface area contributed by atoms with Gasteiger partial charge in [0.25, 0.3) is 0 Å². The Kier molecular flexibility index (Phi) is 7.02. The maximum atomic E-state index is 13.1. The molecule has 1 saturated carbocycles. The normalized spacial score (nSPS) is 18.2. The molecule has 0 amide bonds. The van der Waals surface area contributed by atoms with Gasteiger partial charge in [0.05, 0.1) is 28.1 Å². The highest BCUT2D eigenvalue weighted by Gasteiger charge is 2.34. The van der Waals surface area contributed by atoms with E-state index in [-0.39, 0.29) is 51.4 Å². The minimum atomic E-state index is -1.29. The lowest BCUT2D eigenvalue weighted by atomic mass is 9.82. The molecule has 1 aliphatic rings. The minimum Gasteiger partial charge on any atom is -0.490 e. The Balaban J connectivity index is 1.43. The molecule has 2 N–H and O–H groups in total. The fourth-order valence-electron chi connectivity index (χ4n) is 3.60. The highest BCUT2D eigenvalue weighted by molar-refractivity contribution is 6.35. The number of ether oxygens (including phenoxy) is 2. The van der Waals surface area contributed by atoms with Crippen LogP contribution in [0.25, 0.3) is 22.3 Å². The van der Waals surface area contributed by atoms with E-state index in [9.17, 15) is 9.18 Å². The number of hydrogen-bond donors (Lipinski definition) is 2. The van der Waals surface area contributed by atoms with Crippen molar-refractivity contribution >= 4 is 34.2 Å². The van der Waals surface area contributed by atoms with E-state index in [1.165, 1.54) is 18.2 Å². The van der Waals surface area contributed by atoms with Crippen molar-refractivity contribution in [1.82, 2.24) is 0 Å². The lowest BCUT2D eigenvalue weighted by molar-refractivity contribution is -0.150. The quantitative estimate of drug-likeness (QED) is 0.356. The van der Waals surface area contributed by atoms with Crippen molar-refractivity contribution in [1.29, 1.82) is 0 Å². The first-order chi connectivity index (χ1) is 15.4. The molecule has 1 aromatic heterocycles. The van der Waals surface area contributed by atoms with Crippen LogP contribution in [0.1, 0.15) is 18.4 Å². The molecule has 3 aromatic rings. The van der Waals surface area contributed by atoms with Gasteiger partial charge in [-0.15, -0.1) is 0 Å². The molecule has 2 aromatic carbocycles. The number of benzene rings is 2. The molecule has 0 radical (unpaired) electrons. The lowest BCUT2D eigenvalue weighted by Crippen LogP contribution is -2.39. The fourth-order valence-corrected chi connectivity index (χ4v) is 4.08. The summed E-state index contributed by atoms with van der Waals surface area (Å²) in [5, 5.41) is 18.8. The van der Waals surface area contributed by atoms with E-state index in [2.05, 4.69) is 0 Å². The number of rotatable bonds is 8. The van der Waals surface area contributed by atoms with Gasteiger partial charge in [-0.2, -0.15) is 0 Å². The summed E-state index contributed by atoms with van der Waals surface area (Å²) in [4.78, 5) is 12.5. The van der Waals surface area contributed by atoms with E-state index in [0.29, 0.717) is 35.8 Å². The predicted molar refractivity (Wildman–Crippen MR) is 119 cm³/mol. The third kappa shape index (κ3) is 4.77. The van der Waals surface area contributed by atoms with Gasteiger partial charge in [0.1, 0.15) is 24.8 Å². The van der Waals surface area contributed by atoms with Gasteiger partial charge in [-0.1, -0.05) is 29.3 Å². The predicted octanol–water partition coefficient (Wildman–Crippen LogP) is 4.72. The average Bonchev–Trinajstić information content (AvgIpc) is 2.73. The molecular formula is C23H21Cl2FO6. The van der Waals surface area contributed by atoms with Crippen LogP contribution in [0.2, 0.25) is 10.0 Å². The molecule has 0 unspecified atom stereocenters. The third-order valence-corrected chi connectivity index (χ3v) is 6.23. The van der Waals surface area contributed by atoms with E-state index in [4.69, 9.17) is 47.3 Å². The molecular weight excluding hydrogens is 462 g/mol. The molecule has 1 fully saturated rings. The van der Waals surface area contributed by atoms with Gasteiger partial charge in [0, 0.05) is 23.1 Å². The molecule has 9 heteroatoms. The molecule has 170 valence electrons. The van der Waals surface area contributed by atoms with Crippen LogP contribution in [0.3, 0.4) is 0 Å². The van der Waals surface area contributed by atoms with Gasteiger partial charge in [-0.25, -0.2) is 4.39 Å². The monoisotopic (exact) mass is 482 g/mol. The van der Waals surface area contributed by atoms with Gasteiger partial charge in [-0.05, 0) is 37.1 Å². The van der Waals surface area contributed by atoms with Crippen molar-refractivity contribution in [2.45, 2.75) is 31.9 Å². The summed E-state index contributed by atoms with van der Waals surface area (Å²) in [5.41, 5.74) is 0.620. The molecule has 0 aliphatic heterocycles. The number of aliphatic hydroxyl groups excluding tert-OH is 1. The first kappa shape index (κ1) is 23.0. The van der Waals surface area contributed by atoms with Crippen LogP contribution < -0.4 is 10.2 Å². The largest absolute Gasteiger partial charge is 0.490 e. The second kappa shape index (κ2) is 9.77. The van der Waals surface area contributed by atoms with Gasteiger partial charge in [0.15, 0.2) is 17.3 Å². The number of halogens is 3. The first-order valence-corrected chi connectivity index (χ1v) is 10.8. The second-order valence-corrected chi connectivity index (χ2v) is 8.44. The highest BCUT2D eigenvalue weighted by Crippen LogP contribution is 2.34. The van der Waals surface area contributed by atoms with Crippen LogP contribution >= 0.6 is 23.2 Å². The molecule has 1 aliphatic carbocycles. The van der Waals surface area contributed by atoms with Crippen molar-refractivity contribution in [2.24, 2.45) is 5.92 Å². The number of hydrogen-bond acceptors (Lipinski definition) is 6. The van der Waals surface area contributed by atoms with Crippen LogP contribution in [0.5, 0.6) is 5.75 Å². The highest BCUT2D eigenvalue weighted by atomic mass is 35.5. The van der Waals surface area contributed by atoms with Crippen molar-refractivity contribution in [3.05, 3.63) is 62.2 Å². The molecule has 6 nitrogen and oxygen atoms in total. The molecule has 0 atom stereocenters. The minimum absolute atomic E-state index is 0.00351. The van der Waals surface area contributed by atoms with E-state index >= 15 is 0 Å². The molecule has 4 rings (SSSR count). The van der Waals surface area contributed by atoms with Crippen LogP contribution in [0.4, 0.5) is 4.39 Å². The van der Waals surface area contributed by atoms with Crippen molar-refractivity contribution < 1.29 is 28.5 Å². The topological polar surface area (TPSA) is 89.1 Å². The van der Waals surface area contributed by atoms with Crippen molar-refractivity contribution in [3.8, 4) is 17.1 Å². The number of fused-ring (bicyclic) bond motifs is 1. The Bertz CT molecular complexity index is 1170. The zero-order valence-corrected chi connectivity index (χ0v) is 18.4. The van der Waals surface area contributed by atoms with E-state index < -0.39 is 13.0 Å². The molecule has 0 saturated heterocycles. The Labute approximate surface area is 193 Å². The van der Waals surface area contributed by atoms with Gasteiger partial charge < -0.3 is 24.1 Å². The summed E-state index contributed by atoms with van der Waals surface area (Å²) in [6, 6.07) is 9.25. The van der Waals surface area contributed by atoms with Gasteiger partial charge in [-0.3, -0.25) is 4.79 Å². The Morgan fingerprint density at radius 1 is 1.12 bits per heavy atom. The number of aliphatic hydroxyl groups is 2. The Morgan fingerprint density at radius 3 is 2.59 bits per heavy atom. The summed E-state index contributed by atoms with van der Waals surface area (Å²) in [5.74, 6) is 0.566. The molecule has 0 bridgehead atoms. The maximum Gasteiger partial charge on any atom is 0.193 e. The van der Waals surface area contributed by atoms with E-state index in [1.54, 1.807) is 18.2 Å². The van der Waals surface area contributed by atoms with E-state index in [1.807, 2.05) is 0 Å². The van der Waals surface area contributed by atoms with Crippen LogP contribution in [0.15, 0.2) is 45.6 Å². The van der Waals surface area contributed by atoms with E-state index in [0.717, 1.165) is 0 Å². The van der Waals surface area contributed by atoms with Crippen LogP contribution in [-0.2, 0) is 11.4 Å². The summed E-state index contributed by atoms with van der Waals surface area (Å²) in [6.45, 7) is -0.157. The summed E-state index contributed by atoms with van der Waals surface area (Å²) >= 11 is 12.5. The molecule has 32 heavy (non-hydrogen) atoms. The Hall–Kier alpha value is -2.16. The summed E-state index contributed by atoms with van der Waals surface area (Å²) in [6.07, 6.45) is -0.0667.